The Labute approximate surface area is 210 Å². The Morgan fingerprint density at radius 2 is 1.51 bits per heavy atom. The SMILES string of the molecule is CCCCCCCCS(=O)(=O)Nc1ccc(N2CCN(C(=O)Cc3ccc(OC)cc3)CC2)cc1. The third kappa shape index (κ3) is 8.76. The summed E-state index contributed by atoms with van der Waals surface area (Å²) < 4.78 is 32.6. The molecule has 35 heavy (non-hydrogen) atoms. The molecule has 7 nitrogen and oxygen atoms in total. The maximum atomic E-state index is 12.7. The molecule has 1 saturated heterocycles. The molecule has 0 unspecified atom stereocenters. The molecule has 8 heteroatoms. The second kappa shape index (κ2) is 13.4. The number of nitrogens with zero attached hydrogens (tertiary/aromatic N) is 2. The standard InChI is InChI=1S/C27H39N3O4S/c1-3-4-5-6-7-8-21-35(32,33)28-24-11-13-25(14-12-24)29-17-19-30(20-18-29)27(31)22-23-9-15-26(34-2)16-10-23/h9-16,28H,3-8,17-22H2,1-2H3. The normalized spacial score (nSPS) is 14.1. The molecule has 1 aliphatic rings. The van der Waals surface area contributed by atoms with E-state index >= 15 is 0 Å². The Balaban J connectivity index is 1.42. The van der Waals surface area contributed by atoms with Crippen molar-refractivity contribution in [2.45, 2.75) is 51.9 Å². The van der Waals surface area contributed by atoms with Crippen LogP contribution in [0.1, 0.15) is 51.0 Å². The number of anilines is 2. The highest BCUT2D eigenvalue weighted by atomic mass is 32.2. The summed E-state index contributed by atoms with van der Waals surface area (Å²) in [5, 5.41) is 0. The fraction of sp³-hybridized carbons (Fsp3) is 0.519. The van der Waals surface area contributed by atoms with Gasteiger partial charge in [0.1, 0.15) is 5.75 Å². The van der Waals surface area contributed by atoms with E-state index in [9.17, 15) is 13.2 Å². The zero-order chi connectivity index (χ0) is 25.1. The molecule has 0 saturated carbocycles. The van der Waals surface area contributed by atoms with E-state index < -0.39 is 10.0 Å². The molecule has 0 aliphatic carbocycles. The van der Waals surface area contributed by atoms with Gasteiger partial charge in [-0.05, 0) is 48.4 Å². The average Bonchev–Trinajstić information content (AvgIpc) is 2.87. The summed E-state index contributed by atoms with van der Waals surface area (Å²) in [4.78, 5) is 16.8. The number of hydrogen-bond acceptors (Lipinski definition) is 5. The fourth-order valence-corrected chi connectivity index (χ4v) is 5.47. The highest BCUT2D eigenvalue weighted by Gasteiger charge is 2.21. The van der Waals surface area contributed by atoms with Crippen LogP contribution in [-0.2, 0) is 21.2 Å². The predicted octanol–water partition coefficient (Wildman–Crippen LogP) is 4.69. The van der Waals surface area contributed by atoms with E-state index in [0.29, 0.717) is 31.6 Å². The molecule has 0 spiro atoms. The quantitative estimate of drug-likeness (QED) is 0.403. The van der Waals surface area contributed by atoms with Gasteiger partial charge in [-0.15, -0.1) is 0 Å². The van der Waals surface area contributed by atoms with E-state index in [0.717, 1.165) is 42.9 Å². The lowest BCUT2D eigenvalue weighted by Gasteiger charge is -2.36. The lowest BCUT2D eigenvalue weighted by atomic mass is 10.1. The summed E-state index contributed by atoms with van der Waals surface area (Å²) in [6.45, 7) is 5.00. The number of hydrogen-bond donors (Lipinski definition) is 1. The van der Waals surface area contributed by atoms with Crippen LogP contribution in [-0.4, -0.2) is 58.3 Å². The van der Waals surface area contributed by atoms with Gasteiger partial charge in [-0.2, -0.15) is 0 Å². The molecule has 0 aromatic heterocycles. The summed E-state index contributed by atoms with van der Waals surface area (Å²) >= 11 is 0. The summed E-state index contributed by atoms with van der Waals surface area (Å²) in [6.07, 6.45) is 6.71. The molecule has 1 aliphatic heterocycles. The first-order valence-corrected chi connectivity index (χ1v) is 14.3. The molecule has 2 aromatic carbocycles. The van der Waals surface area contributed by atoms with Crippen LogP contribution in [0.5, 0.6) is 5.75 Å². The lowest BCUT2D eigenvalue weighted by molar-refractivity contribution is -0.130. The first-order chi connectivity index (χ1) is 16.9. The van der Waals surface area contributed by atoms with Crippen LogP contribution in [0.4, 0.5) is 11.4 Å². The number of benzene rings is 2. The molecule has 3 rings (SSSR count). The Hall–Kier alpha value is -2.74. The van der Waals surface area contributed by atoms with E-state index in [-0.39, 0.29) is 11.7 Å². The van der Waals surface area contributed by atoms with E-state index in [2.05, 4.69) is 16.5 Å². The predicted molar refractivity (Wildman–Crippen MR) is 143 cm³/mol. The number of amides is 1. The topological polar surface area (TPSA) is 79.0 Å². The van der Waals surface area contributed by atoms with E-state index in [1.165, 1.54) is 19.3 Å². The van der Waals surface area contributed by atoms with Gasteiger partial charge in [0.15, 0.2) is 0 Å². The van der Waals surface area contributed by atoms with Gasteiger partial charge in [0, 0.05) is 37.6 Å². The van der Waals surface area contributed by atoms with Crippen molar-refractivity contribution < 1.29 is 17.9 Å². The van der Waals surface area contributed by atoms with Crippen molar-refractivity contribution >= 4 is 27.3 Å². The van der Waals surface area contributed by atoms with Crippen molar-refractivity contribution in [2.75, 3.05) is 48.7 Å². The van der Waals surface area contributed by atoms with Gasteiger partial charge in [0.2, 0.25) is 15.9 Å². The highest BCUT2D eigenvalue weighted by molar-refractivity contribution is 7.92. The Morgan fingerprint density at radius 3 is 2.14 bits per heavy atom. The van der Waals surface area contributed by atoms with Gasteiger partial charge in [-0.25, -0.2) is 8.42 Å². The number of sulfonamides is 1. The molecule has 0 radical (unpaired) electrons. The van der Waals surface area contributed by atoms with Gasteiger partial charge < -0.3 is 14.5 Å². The molecule has 1 N–H and O–H groups in total. The van der Waals surface area contributed by atoms with Crippen molar-refractivity contribution in [3.63, 3.8) is 0 Å². The zero-order valence-electron chi connectivity index (χ0n) is 21.0. The van der Waals surface area contributed by atoms with E-state index in [1.807, 2.05) is 53.4 Å². The van der Waals surface area contributed by atoms with Gasteiger partial charge >= 0.3 is 0 Å². The maximum absolute atomic E-state index is 12.7. The monoisotopic (exact) mass is 501 g/mol. The van der Waals surface area contributed by atoms with Gasteiger partial charge in [0.05, 0.1) is 19.3 Å². The maximum Gasteiger partial charge on any atom is 0.232 e. The van der Waals surface area contributed by atoms with Crippen molar-refractivity contribution in [1.82, 2.24) is 4.90 Å². The molecule has 0 bridgehead atoms. The van der Waals surface area contributed by atoms with Crippen molar-refractivity contribution in [1.29, 1.82) is 0 Å². The lowest BCUT2D eigenvalue weighted by Crippen LogP contribution is -2.49. The average molecular weight is 502 g/mol. The zero-order valence-corrected chi connectivity index (χ0v) is 21.9. The number of carbonyl (C=O) groups is 1. The second-order valence-electron chi connectivity index (χ2n) is 9.13. The summed E-state index contributed by atoms with van der Waals surface area (Å²) in [5.74, 6) is 1.07. The molecular weight excluding hydrogens is 462 g/mol. The first-order valence-electron chi connectivity index (χ1n) is 12.7. The minimum Gasteiger partial charge on any atom is -0.497 e. The van der Waals surface area contributed by atoms with E-state index in [4.69, 9.17) is 4.74 Å². The molecule has 1 heterocycles. The summed E-state index contributed by atoms with van der Waals surface area (Å²) in [7, 11) is -1.70. The number of piperazine rings is 1. The molecule has 1 amide bonds. The fourth-order valence-electron chi connectivity index (χ4n) is 4.29. The number of rotatable bonds is 13. The Kier molecular flexibility index (Phi) is 10.3. The third-order valence-electron chi connectivity index (χ3n) is 6.42. The smallest absolute Gasteiger partial charge is 0.232 e. The number of methoxy groups -OCH3 is 1. The summed E-state index contributed by atoms with van der Waals surface area (Å²) in [5.41, 5.74) is 2.60. The minimum atomic E-state index is -3.33. The molecule has 2 aromatic rings. The van der Waals surface area contributed by atoms with Crippen molar-refractivity contribution in [3.8, 4) is 5.75 Å². The number of unbranched alkanes of at least 4 members (excludes halogenated alkanes) is 5. The molecule has 1 fully saturated rings. The molecular formula is C27H39N3O4S. The van der Waals surface area contributed by atoms with Gasteiger partial charge in [-0.1, -0.05) is 51.2 Å². The number of ether oxygens (including phenoxy) is 1. The molecule has 192 valence electrons. The van der Waals surface area contributed by atoms with Crippen LogP contribution in [0.3, 0.4) is 0 Å². The van der Waals surface area contributed by atoms with Crippen molar-refractivity contribution in [2.24, 2.45) is 0 Å². The van der Waals surface area contributed by atoms with Crippen LogP contribution in [0.25, 0.3) is 0 Å². The van der Waals surface area contributed by atoms with Crippen molar-refractivity contribution in [3.05, 3.63) is 54.1 Å². The van der Waals surface area contributed by atoms with Gasteiger partial charge in [-0.3, -0.25) is 9.52 Å². The number of carbonyl (C=O) groups excluding carboxylic acids is 1. The third-order valence-corrected chi connectivity index (χ3v) is 7.79. The number of nitrogens with one attached hydrogen (secondary N) is 1. The Bertz CT molecular complexity index is 1020. The molecule has 0 atom stereocenters. The van der Waals surface area contributed by atoms with Crippen LogP contribution in [0.15, 0.2) is 48.5 Å². The largest absolute Gasteiger partial charge is 0.497 e. The highest BCUT2D eigenvalue weighted by Crippen LogP contribution is 2.21. The first kappa shape index (κ1) is 26.9. The van der Waals surface area contributed by atoms with Crippen LogP contribution >= 0.6 is 0 Å². The van der Waals surface area contributed by atoms with Crippen LogP contribution < -0.4 is 14.4 Å². The van der Waals surface area contributed by atoms with Gasteiger partial charge in [0.25, 0.3) is 0 Å². The minimum absolute atomic E-state index is 0.130. The van der Waals surface area contributed by atoms with Crippen LogP contribution in [0.2, 0.25) is 0 Å². The second-order valence-corrected chi connectivity index (χ2v) is 11.0. The van der Waals surface area contributed by atoms with Crippen LogP contribution in [0, 0.1) is 0 Å². The summed E-state index contributed by atoms with van der Waals surface area (Å²) in [6, 6.07) is 15.1. The Morgan fingerprint density at radius 1 is 0.886 bits per heavy atom. The van der Waals surface area contributed by atoms with E-state index in [1.54, 1.807) is 7.11 Å².